The molecule has 0 spiro atoms. The first-order chi connectivity index (χ1) is 7.31. The number of likely N-dealkylation sites (tertiary alicyclic amines) is 1. The van der Waals surface area contributed by atoms with E-state index in [-0.39, 0.29) is 0 Å². The highest BCUT2D eigenvalue weighted by Crippen LogP contribution is 2.11. The van der Waals surface area contributed by atoms with Gasteiger partial charge in [0.2, 0.25) is 0 Å². The number of rotatable bonds is 3. The SMILES string of the molecule is C[C@H](c1ccccc1)[NH+]1CC[C@H](CO)C1. The zero-order chi connectivity index (χ0) is 10.7. The number of hydrogen-bond acceptors (Lipinski definition) is 1. The highest BCUT2D eigenvalue weighted by molar-refractivity contribution is 5.16. The first-order valence-corrected chi connectivity index (χ1v) is 5.81. The lowest BCUT2D eigenvalue weighted by atomic mass is 10.1. The van der Waals surface area contributed by atoms with Crippen molar-refractivity contribution in [1.29, 1.82) is 0 Å². The molecule has 0 aliphatic carbocycles. The van der Waals surface area contributed by atoms with E-state index in [1.165, 1.54) is 18.5 Å². The summed E-state index contributed by atoms with van der Waals surface area (Å²) in [5.74, 6) is 0.520. The molecule has 2 heteroatoms. The Labute approximate surface area is 91.5 Å². The van der Waals surface area contributed by atoms with Gasteiger partial charge in [-0.05, 0) is 6.92 Å². The number of benzene rings is 1. The van der Waals surface area contributed by atoms with E-state index in [4.69, 9.17) is 5.11 Å². The molecule has 1 fully saturated rings. The van der Waals surface area contributed by atoms with E-state index in [1.807, 2.05) is 0 Å². The van der Waals surface area contributed by atoms with Crippen molar-refractivity contribution in [3.05, 3.63) is 35.9 Å². The van der Waals surface area contributed by atoms with Crippen molar-refractivity contribution >= 4 is 0 Å². The molecule has 1 unspecified atom stereocenters. The van der Waals surface area contributed by atoms with Crippen molar-refractivity contribution in [3.8, 4) is 0 Å². The van der Waals surface area contributed by atoms with E-state index in [0.717, 1.165) is 6.54 Å². The van der Waals surface area contributed by atoms with Crippen LogP contribution < -0.4 is 4.90 Å². The van der Waals surface area contributed by atoms with E-state index in [9.17, 15) is 0 Å². The standard InChI is InChI=1S/C13H19NO/c1-11(13-5-3-2-4-6-13)14-8-7-12(9-14)10-15/h2-6,11-12,15H,7-10H2,1H3/p+1/t11-,12+/m1/s1. The maximum atomic E-state index is 9.12. The van der Waals surface area contributed by atoms with E-state index in [2.05, 4.69) is 37.3 Å². The zero-order valence-electron chi connectivity index (χ0n) is 9.32. The molecule has 1 aromatic carbocycles. The van der Waals surface area contributed by atoms with Gasteiger partial charge in [0.15, 0.2) is 0 Å². The summed E-state index contributed by atoms with van der Waals surface area (Å²) in [5.41, 5.74) is 1.41. The Morgan fingerprint density at radius 3 is 2.73 bits per heavy atom. The molecule has 1 aliphatic rings. The van der Waals surface area contributed by atoms with Crippen LogP contribution in [0.4, 0.5) is 0 Å². The lowest BCUT2D eigenvalue weighted by molar-refractivity contribution is -0.919. The highest BCUT2D eigenvalue weighted by atomic mass is 16.3. The minimum Gasteiger partial charge on any atom is -0.396 e. The van der Waals surface area contributed by atoms with E-state index in [1.54, 1.807) is 4.90 Å². The van der Waals surface area contributed by atoms with Crippen LogP contribution in [-0.4, -0.2) is 24.8 Å². The van der Waals surface area contributed by atoms with Crippen molar-refractivity contribution in [2.45, 2.75) is 19.4 Å². The fraction of sp³-hybridized carbons (Fsp3) is 0.538. The molecular weight excluding hydrogens is 186 g/mol. The molecule has 82 valence electrons. The van der Waals surface area contributed by atoms with Gasteiger partial charge in [-0.2, -0.15) is 0 Å². The highest BCUT2D eigenvalue weighted by Gasteiger charge is 2.29. The predicted molar refractivity (Wildman–Crippen MR) is 60.7 cm³/mol. The Kier molecular flexibility index (Phi) is 3.39. The number of aliphatic hydroxyl groups is 1. The molecular formula is C13H20NO+. The second kappa shape index (κ2) is 4.77. The van der Waals surface area contributed by atoms with Crippen LogP contribution >= 0.6 is 0 Å². The molecule has 1 aliphatic heterocycles. The second-order valence-electron chi connectivity index (χ2n) is 4.58. The van der Waals surface area contributed by atoms with Gasteiger partial charge in [-0.25, -0.2) is 0 Å². The summed E-state index contributed by atoms with van der Waals surface area (Å²) < 4.78 is 0. The molecule has 0 amide bonds. The minimum absolute atomic E-state index is 0.352. The lowest BCUT2D eigenvalue weighted by Gasteiger charge is -2.21. The quantitative estimate of drug-likeness (QED) is 0.745. The maximum absolute atomic E-state index is 9.12. The molecule has 2 nitrogen and oxygen atoms in total. The summed E-state index contributed by atoms with van der Waals surface area (Å²) in [4.78, 5) is 1.61. The average Bonchev–Trinajstić information content (AvgIpc) is 2.78. The van der Waals surface area contributed by atoms with Crippen LogP contribution in [0.1, 0.15) is 24.9 Å². The van der Waals surface area contributed by atoms with Crippen molar-refractivity contribution < 1.29 is 10.0 Å². The topological polar surface area (TPSA) is 24.7 Å². The third kappa shape index (κ3) is 2.39. The first-order valence-electron chi connectivity index (χ1n) is 5.81. The molecule has 0 radical (unpaired) electrons. The summed E-state index contributed by atoms with van der Waals surface area (Å²) in [6.45, 7) is 4.95. The average molecular weight is 206 g/mol. The third-order valence-corrected chi connectivity index (χ3v) is 3.59. The van der Waals surface area contributed by atoms with Gasteiger partial charge in [-0.3, -0.25) is 0 Å². The zero-order valence-corrected chi connectivity index (χ0v) is 9.32. The van der Waals surface area contributed by atoms with Crippen LogP contribution in [0.3, 0.4) is 0 Å². The summed E-state index contributed by atoms with van der Waals surface area (Å²) in [6, 6.07) is 11.2. The first kappa shape index (κ1) is 10.7. The van der Waals surface area contributed by atoms with Crippen molar-refractivity contribution in [2.75, 3.05) is 19.7 Å². The lowest BCUT2D eigenvalue weighted by Crippen LogP contribution is -3.10. The Bertz CT molecular complexity index is 299. The molecule has 1 aromatic rings. The van der Waals surface area contributed by atoms with Gasteiger partial charge in [0.25, 0.3) is 0 Å². The van der Waals surface area contributed by atoms with Crippen LogP contribution in [0.5, 0.6) is 0 Å². The molecule has 1 heterocycles. The van der Waals surface area contributed by atoms with Crippen LogP contribution in [-0.2, 0) is 0 Å². The molecule has 2 N–H and O–H groups in total. The Morgan fingerprint density at radius 1 is 1.40 bits per heavy atom. The maximum Gasteiger partial charge on any atom is 0.110 e. The van der Waals surface area contributed by atoms with Gasteiger partial charge < -0.3 is 10.0 Å². The number of nitrogens with one attached hydrogen (secondary N) is 1. The third-order valence-electron chi connectivity index (χ3n) is 3.59. The van der Waals surface area contributed by atoms with Gasteiger partial charge in [0.05, 0.1) is 19.7 Å². The van der Waals surface area contributed by atoms with Gasteiger partial charge >= 0.3 is 0 Å². The Morgan fingerprint density at radius 2 is 2.13 bits per heavy atom. The smallest absolute Gasteiger partial charge is 0.110 e. The summed E-state index contributed by atoms with van der Waals surface area (Å²) >= 11 is 0. The Balaban J connectivity index is 2.00. The van der Waals surface area contributed by atoms with Gasteiger partial charge in [0.1, 0.15) is 6.04 Å². The van der Waals surface area contributed by atoms with E-state index in [0.29, 0.717) is 18.6 Å². The summed E-state index contributed by atoms with van der Waals surface area (Å²) in [7, 11) is 0. The molecule has 15 heavy (non-hydrogen) atoms. The van der Waals surface area contributed by atoms with Gasteiger partial charge in [-0.1, -0.05) is 30.3 Å². The summed E-state index contributed by atoms with van der Waals surface area (Å²) in [6.07, 6.45) is 1.17. The van der Waals surface area contributed by atoms with Crippen molar-refractivity contribution in [3.63, 3.8) is 0 Å². The number of quaternary nitrogens is 1. The molecule has 0 bridgehead atoms. The summed E-state index contributed by atoms with van der Waals surface area (Å²) in [5, 5.41) is 9.12. The van der Waals surface area contributed by atoms with Crippen molar-refractivity contribution in [1.82, 2.24) is 0 Å². The number of hydrogen-bond donors (Lipinski definition) is 2. The minimum atomic E-state index is 0.352. The second-order valence-corrected chi connectivity index (χ2v) is 4.58. The van der Waals surface area contributed by atoms with E-state index >= 15 is 0 Å². The predicted octanol–water partition coefficient (Wildman–Crippen LogP) is 0.645. The molecule has 3 atom stereocenters. The van der Waals surface area contributed by atoms with Crippen molar-refractivity contribution in [2.24, 2.45) is 5.92 Å². The molecule has 0 aromatic heterocycles. The number of aliphatic hydroxyl groups excluding tert-OH is 1. The normalized spacial score (nSPS) is 27.9. The van der Waals surface area contributed by atoms with Crippen LogP contribution in [0, 0.1) is 5.92 Å². The largest absolute Gasteiger partial charge is 0.396 e. The van der Waals surface area contributed by atoms with Crippen LogP contribution in [0.2, 0.25) is 0 Å². The van der Waals surface area contributed by atoms with E-state index < -0.39 is 0 Å². The molecule has 2 rings (SSSR count). The molecule has 0 saturated carbocycles. The van der Waals surface area contributed by atoms with Gasteiger partial charge in [0, 0.05) is 17.9 Å². The fourth-order valence-electron chi connectivity index (χ4n) is 2.49. The fourth-order valence-corrected chi connectivity index (χ4v) is 2.49. The molecule has 1 saturated heterocycles. The monoisotopic (exact) mass is 206 g/mol. The Hall–Kier alpha value is -0.860. The van der Waals surface area contributed by atoms with Gasteiger partial charge in [-0.15, -0.1) is 0 Å². The van der Waals surface area contributed by atoms with Crippen LogP contribution in [0.25, 0.3) is 0 Å². The van der Waals surface area contributed by atoms with Crippen LogP contribution in [0.15, 0.2) is 30.3 Å².